The van der Waals surface area contributed by atoms with Gasteiger partial charge in [0.2, 0.25) is 5.91 Å². The smallest absolute Gasteiger partial charge is 0.224 e. The summed E-state index contributed by atoms with van der Waals surface area (Å²) < 4.78 is 5.51. The van der Waals surface area contributed by atoms with Crippen LogP contribution in [0.4, 0.5) is 0 Å². The zero-order chi connectivity index (χ0) is 21.5. The SMILES string of the molecule is O=C(Cc1cccnc1)NC[C@]1(c2ccccc2)CC[C@H](O)[C@@H](N2CCOCC2)CC1. The van der Waals surface area contributed by atoms with Gasteiger partial charge in [-0.25, -0.2) is 0 Å². The third-order valence-corrected chi connectivity index (χ3v) is 6.89. The van der Waals surface area contributed by atoms with Gasteiger partial charge in [-0.2, -0.15) is 0 Å². The summed E-state index contributed by atoms with van der Waals surface area (Å²) in [6.07, 6.45) is 6.86. The van der Waals surface area contributed by atoms with Gasteiger partial charge in [0.15, 0.2) is 0 Å². The number of ether oxygens (including phenoxy) is 1. The predicted molar refractivity (Wildman–Crippen MR) is 120 cm³/mol. The molecule has 6 heteroatoms. The number of aromatic nitrogens is 1. The maximum atomic E-state index is 12.7. The number of aliphatic hydroxyl groups is 1. The summed E-state index contributed by atoms with van der Waals surface area (Å²) in [5.41, 5.74) is 1.98. The maximum absolute atomic E-state index is 12.7. The monoisotopic (exact) mass is 423 g/mol. The van der Waals surface area contributed by atoms with Gasteiger partial charge in [-0.15, -0.1) is 0 Å². The molecule has 1 aromatic carbocycles. The summed E-state index contributed by atoms with van der Waals surface area (Å²) in [5, 5.41) is 14.2. The molecule has 166 valence electrons. The van der Waals surface area contributed by atoms with E-state index in [-0.39, 0.29) is 23.5 Å². The molecule has 0 bridgehead atoms. The molecule has 2 N–H and O–H groups in total. The van der Waals surface area contributed by atoms with Crippen LogP contribution in [0.5, 0.6) is 0 Å². The number of aliphatic hydroxyl groups excluding tert-OH is 1. The average molecular weight is 424 g/mol. The van der Waals surface area contributed by atoms with Crippen LogP contribution in [0.15, 0.2) is 54.9 Å². The highest BCUT2D eigenvalue weighted by Gasteiger charge is 2.40. The second-order valence-electron chi connectivity index (χ2n) is 8.82. The van der Waals surface area contributed by atoms with E-state index in [0.29, 0.717) is 13.0 Å². The number of carbonyl (C=O) groups is 1. The molecule has 1 aliphatic carbocycles. The van der Waals surface area contributed by atoms with Gasteiger partial charge in [-0.05, 0) is 42.9 Å². The van der Waals surface area contributed by atoms with E-state index in [1.165, 1.54) is 5.56 Å². The number of nitrogens with zero attached hydrogens (tertiary/aromatic N) is 2. The number of hydrogen-bond acceptors (Lipinski definition) is 5. The quantitative estimate of drug-likeness (QED) is 0.698. The average Bonchev–Trinajstić information content (AvgIpc) is 2.99. The molecule has 31 heavy (non-hydrogen) atoms. The molecule has 0 spiro atoms. The Kier molecular flexibility index (Phi) is 7.33. The molecule has 2 aromatic rings. The van der Waals surface area contributed by atoms with E-state index < -0.39 is 0 Å². The van der Waals surface area contributed by atoms with Crippen LogP contribution in [0.25, 0.3) is 0 Å². The number of morpholine rings is 1. The van der Waals surface area contributed by atoms with Gasteiger partial charge < -0.3 is 15.2 Å². The van der Waals surface area contributed by atoms with Gasteiger partial charge >= 0.3 is 0 Å². The normalized spacial score (nSPS) is 27.4. The molecular formula is C25H33N3O3. The standard InChI is InChI=1S/C25H33N3O3/c29-23-9-11-25(21-6-2-1-3-7-21,10-8-22(23)28-13-15-31-16-14-28)19-27-24(30)17-20-5-4-12-26-18-20/h1-7,12,18,22-23,29H,8-11,13-17,19H2,(H,27,30)/t22-,23-,25+/m0/s1. The Labute approximate surface area is 184 Å². The van der Waals surface area contributed by atoms with Crippen molar-refractivity contribution in [3.8, 4) is 0 Å². The van der Waals surface area contributed by atoms with Gasteiger partial charge in [0.05, 0.1) is 25.7 Å². The lowest BCUT2D eigenvalue weighted by molar-refractivity contribution is -0.120. The number of nitrogens with one attached hydrogen (secondary N) is 1. The van der Waals surface area contributed by atoms with E-state index in [1.807, 2.05) is 18.2 Å². The number of carbonyl (C=O) groups excluding carboxylic acids is 1. The molecule has 0 radical (unpaired) electrons. The van der Waals surface area contributed by atoms with Crippen molar-refractivity contribution in [2.45, 2.75) is 49.7 Å². The van der Waals surface area contributed by atoms with Crippen LogP contribution in [0.2, 0.25) is 0 Å². The van der Waals surface area contributed by atoms with Crippen molar-refractivity contribution >= 4 is 5.91 Å². The lowest BCUT2D eigenvalue weighted by Gasteiger charge is -2.37. The Hall–Kier alpha value is -2.28. The molecule has 2 aliphatic rings. The molecule has 6 nitrogen and oxygen atoms in total. The third-order valence-electron chi connectivity index (χ3n) is 6.89. The van der Waals surface area contributed by atoms with Crippen molar-refractivity contribution in [2.24, 2.45) is 0 Å². The first-order chi connectivity index (χ1) is 15.2. The molecule has 3 atom stereocenters. The number of amides is 1. The first kappa shape index (κ1) is 21.9. The molecule has 1 saturated heterocycles. The summed E-state index contributed by atoms with van der Waals surface area (Å²) in [7, 11) is 0. The largest absolute Gasteiger partial charge is 0.391 e. The molecule has 1 aliphatic heterocycles. The minimum atomic E-state index is -0.352. The van der Waals surface area contributed by atoms with Crippen molar-refractivity contribution in [3.05, 3.63) is 66.0 Å². The minimum Gasteiger partial charge on any atom is -0.391 e. The van der Waals surface area contributed by atoms with Gasteiger partial charge in [0.25, 0.3) is 0 Å². The van der Waals surface area contributed by atoms with Crippen molar-refractivity contribution in [2.75, 3.05) is 32.8 Å². The Bertz CT molecular complexity index is 826. The summed E-state index contributed by atoms with van der Waals surface area (Å²) >= 11 is 0. The van der Waals surface area contributed by atoms with Crippen molar-refractivity contribution in [3.63, 3.8) is 0 Å². The van der Waals surface area contributed by atoms with E-state index in [1.54, 1.807) is 12.4 Å². The molecule has 4 rings (SSSR count). The van der Waals surface area contributed by atoms with Gasteiger partial charge in [-0.1, -0.05) is 36.4 Å². The highest BCUT2D eigenvalue weighted by molar-refractivity contribution is 5.78. The molecule has 1 amide bonds. The summed E-state index contributed by atoms with van der Waals surface area (Å²) in [6.45, 7) is 3.80. The predicted octanol–water partition coefficient (Wildman–Crippen LogP) is 2.31. The summed E-state index contributed by atoms with van der Waals surface area (Å²) in [5.74, 6) is 0.0119. The lowest BCUT2D eigenvalue weighted by atomic mass is 9.74. The second kappa shape index (κ2) is 10.4. The van der Waals surface area contributed by atoms with Crippen LogP contribution >= 0.6 is 0 Å². The zero-order valence-corrected chi connectivity index (χ0v) is 18.1. The fourth-order valence-electron chi connectivity index (χ4n) is 5.07. The maximum Gasteiger partial charge on any atom is 0.224 e. The van der Waals surface area contributed by atoms with E-state index in [9.17, 15) is 9.90 Å². The highest BCUT2D eigenvalue weighted by Crippen LogP contribution is 2.39. The molecule has 1 saturated carbocycles. The van der Waals surface area contributed by atoms with Gasteiger partial charge in [0, 0.05) is 43.5 Å². The molecule has 2 heterocycles. The molecule has 1 aromatic heterocycles. The zero-order valence-electron chi connectivity index (χ0n) is 18.1. The van der Waals surface area contributed by atoms with Crippen molar-refractivity contribution in [1.82, 2.24) is 15.2 Å². The summed E-state index contributed by atoms with van der Waals surface area (Å²) in [4.78, 5) is 19.2. The number of rotatable bonds is 6. The highest BCUT2D eigenvalue weighted by atomic mass is 16.5. The van der Waals surface area contributed by atoms with E-state index >= 15 is 0 Å². The molecule has 0 unspecified atom stereocenters. The number of hydrogen-bond donors (Lipinski definition) is 2. The Balaban J connectivity index is 1.48. The van der Waals surface area contributed by atoms with Crippen LogP contribution in [-0.4, -0.2) is 65.9 Å². The van der Waals surface area contributed by atoms with Crippen molar-refractivity contribution in [1.29, 1.82) is 0 Å². The molecular weight excluding hydrogens is 390 g/mol. The first-order valence-electron chi connectivity index (χ1n) is 11.4. The van der Waals surface area contributed by atoms with Crippen LogP contribution in [0.3, 0.4) is 0 Å². The van der Waals surface area contributed by atoms with E-state index in [2.05, 4.69) is 39.5 Å². The lowest BCUT2D eigenvalue weighted by Crippen LogP contribution is -2.48. The van der Waals surface area contributed by atoms with Gasteiger partial charge in [0.1, 0.15) is 0 Å². The summed E-state index contributed by atoms with van der Waals surface area (Å²) in [6, 6.07) is 14.4. The van der Waals surface area contributed by atoms with Crippen molar-refractivity contribution < 1.29 is 14.6 Å². The molecule has 2 fully saturated rings. The fourth-order valence-corrected chi connectivity index (χ4v) is 5.07. The third kappa shape index (κ3) is 5.50. The Morgan fingerprint density at radius 2 is 1.90 bits per heavy atom. The topological polar surface area (TPSA) is 74.7 Å². The number of pyridine rings is 1. The van der Waals surface area contributed by atoms with Crippen LogP contribution in [-0.2, 0) is 21.4 Å². The fraction of sp³-hybridized carbons (Fsp3) is 0.520. The minimum absolute atomic E-state index is 0.0119. The second-order valence-corrected chi connectivity index (χ2v) is 8.82. The van der Waals surface area contributed by atoms with Gasteiger partial charge in [-0.3, -0.25) is 14.7 Å². The first-order valence-corrected chi connectivity index (χ1v) is 11.4. The van der Waals surface area contributed by atoms with Crippen LogP contribution < -0.4 is 5.32 Å². The van der Waals surface area contributed by atoms with Crippen LogP contribution in [0, 0.1) is 0 Å². The Morgan fingerprint density at radius 1 is 1.13 bits per heavy atom. The Morgan fingerprint density at radius 3 is 2.65 bits per heavy atom. The van der Waals surface area contributed by atoms with Crippen LogP contribution in [0.1, 0.15) is 36.8 Å². The number of benzene rings is 1. The van der Waals surface area contributed by atoms with E-state index in [0.717, 1.165) is 57.6 Å². The van der Waals surface area contributed by atoms with E-state index in [4.69, 9.17) is 4.74 Å².